The average molecular weight is 287 g/mol. The Morgan fingerprint density at radius 1 is 1.25 bits per heavy atom. The molecule has 0 amide bonds. The summed E-state index contributed by atoms with van der Waals surface area (Å²) in [4.78, 5) is 8.64. The third kappa shape index (κ3) is 2.23. The lowest BCUT2D eigenvalue weighted by atomic mass is 10.2. The molecule has 0 spiro atoms. The maximum absolute atomic E-state index is 9.85. The van der Waals surface area contributed by atoms with Gasteiger partial charge in [0.25, 0.3) is 0 Å². The van der Waals surface area contributed by atoms with Crippen LogP contribution in [-0.2, 0) is 0 Å². The fraction of sp³-hybridized carbons (Fsp3) is 0.0714. The highest BCUT2D eigenvalue weighted by Gasteiger charge is 2.13. The molecule has 3 rings (SSSR count). The molecule has 0 unspecified atom stereocenters. The van der Waals surface area contributed by atoms with Crippen LogP contribution in [0.1, 0.15) is 5.56 Å². The van der Waals surface area contributed by atoms with Crippen LogP contribution in [0.2, 0.25) is 5.02 Å². The Bertz CT molecular complexity index is 769. The van der Waals surface area contributed by atoms with E-state index in [0.717, 1.165) is 11.3 Å². The van der Waals surface area contributed by atoms with E-state index in [1.165, 1.54) is 6.07 Å². The van der Waals surface area contributed by atoms with Gasteiger partial charge in [0.05, 0.1) is 5.56 Å². The normalized spacial score (nSPS) is 10.7. The van der Waals surface area contributed by atoms with E-state index < -0.39 is 0 Å². The van der Waals surface area contributed by atoms with Gasteiger partial charge in [0, 0.05) is 11.2 Å². The van der Waals surface area contributed by atoms with E-state index in [4.69, 9.17) is 11.6 Å². The number of phenols is 1. The number of hydrogen-bond donors (Lipinski definition) is 2. The molecule has 0 atom stereocenters. The molecule has 1 aromatic carbocycles. The second-order valence-electron chi connectivity index (χ2n) is 4.34. The molecular weight excluding hydrogens is 276 g/mol. The van der Waals surface area contributed by atoms with Gasteiger partial charge in [0.15, 0.2) is 11.6 Å². The van der Waals surface area contributed by atoms with Gasteiger partial charge in [0.1, 0.15) is 11.4 Å². The first-order valence-electron chi connectivity index (χ1n) is 5.98. The number of hydrogen-bond acceptors (Lipinski definition) is 4. The Balaban J connectivity index is 2.07. The van der Waals surface area contributed by atoms with E-state index in [9.17, 15) is 5.11 Å². The van der Waals surface area contributed by atoms with Gasteiger partial charge in [0.2, 0.25) is 0 Å². The summed E-state index contributed by atoms with van der Waals surface area (Å²) in [5.41, 5.74) is 2.20. The summed E-state index contributed by atoms with van der Waals surface area (Å²) in [5, 5.41) is 17.3. The van der Waals surface area contributed by atoms with Crippen LogP contribution in [0.4, 0.5) is 0 Å². The zero-order valence-electron chi connectivity index (χ0n) is 10.6. The molecule has 2 N–H and O–H groups in total. The highest BCUT2D eigenvalue weighted by Crippen LogP contribution is 2.30. The molecule has 20 heavy (non-hydrogen) atoms. The van der Waals surface area contributed by atoms with E-state index in [-0.39, 0.29) is 5.75 Å². The van der Waals surface area contributed by atoms with Crippen LogP contribution in [-0.4, -0.2) is 25.3 Å². The number of halogens is 1. The molecule has 0 saturated heterocycles. The molecule has 0 aliphatic carbocycles. The number of benzene rings is 1. The number of aromatic hydroxyl groups is 1. The highest BCUT2D eigenvalue weighted by molar-refractivity contribution is 6.30. The molecule has 0 aliphatic rings. The maximum atomic E-state index is 9.85. The van der Waals surface area contributed by atoms with Crippen molar-refractivity contribution in [2.45, 2.75) is 6.92 Å². The van der Waals surface area contributed by atoms with Crippen molar-refractivity contribution in [2.24, 2.45) is 0 Å². The lowest BCUT2D eigenvalue weighted by Gasteiger charge is -2.00. The van der Waals surface area contributed by atoms with E-state index in [1.807, 2.05) is 19.1 Å². The zero-order valence-corrected chi connectivity index (χ0v) is 11.4. The van der Waals surface area contributed by atoms with E-state index in [0.29, 0.717) is 22.2 Å². The number of aromatic amines is 1. The topological polar surface area (TPSA) is 74.7 Å². The van der Waals surface area contributed by atoms with Crippen LogP contribution in [0.3, 0.4) is 0 Å². The fourth-order valence-corrected chi connectivity index (χ4v) is 2.08. The van der Waals surface area contributed by atoms with E-state index >= 15 is 0 Å². The number of nitrogens with one attached hydrogen (secondary N) is 1. The van der Waals surface area contributed by atoms with Crippen molar-refractivity contribution in [1.29, 1.82) is 0 Å². The van der Waals surface area contributed by atoms with Crippen LogP contribution < -0.4 is 0 Å². The number of aryl methyl sites for hydroxylation is 1. The number of aromatic nitrogens is 4. The molecule has 2 heterocycles. The summed E-state index contributed by atoms with van der Waals surface area (Å²) >= 11 is 5.93. The maximum Gasteiger partial charge on any atom is 0.185 e. The number of nitrogens with zero attached hydrogens (tertiary/aromatic N) is 3. The average Bonchev–Trinajstić information content (AvgIpc) is 2.91. The third-order valence-electron chi connectivity index (χ3n) is 2.92. The second-order valence-corrected chi connectivity index (χ2v) is 4.77. The molecule has 2 aromatic heterocycles. The van der Waals surface area contributed by atoms with E-state index in [2.05, 4.69) is 20.2 Å². The molecule has 0 radical (unpaired) electrons. The minimum Gasteiger partial charge on any atom is -0.507 e. The summed E-state index contributed by atoms with van der Waals surface area (Å²) < 4.78 is 0. The van der Waals surface area contributed by atoms with Crippen LogP contribution >= 0.6 is 11.6 Å². The first-order valence-corrected chi connectivity index (χ1v) is 6.36. The Morgan fingerprint density at radius 2 is 2.10 bits per heavy atom. The lowest BCUT2D eigenvalue weighted by molar-refractivity contribution is 0.477. The summed E-state index contributed by atoms with van der Waals surface area (Å²) in [6.45, 7) is 1.95. The van der Waals surface area contributed by atoms with Gasteiger partial charge in [-0.25, -0.2) is 4.98 Å². The van der Waals surface area contributed by atoms with Crippen LogP contribution in [0.25, 0.3) is 22.9 Å². The predicted octanol–water partition coefficient (Wildman–Crippen LogP) is 3.20. The first-order chi connectivity index (χ1) is 9.65. The number of pyridine rings is 1. The lowest BCUT2D eigenvalue weighted by Crippen LogP contribution is -1.89. The van der Waals surface area contributed by atoms with Gasteiger partial charge in [-0.1, -0.05) is 17.7 Å². The van der Waals surface area contributed by atoms with Gasteiger partial charge in [-0.05, 0) is 36.8 Å². The SMILES string of the molecule is Cc1cccnc1-c1nc(-c2cc(Cl)ccc2O)n[nH]1. The van der Waals surface area contributed by atoms with Gasteiger partial charge in [-0.3, -0.25) is 10.1 Å². The highest BCUT2D eigenvalue weighted by atomic mass is 35.5. The molecule has 3 aromatic rings. The van der Waals surface area contributed by atoms with Crippen molar-refractivity contribution in [2.75, 3.05) is 0 Å². The molecule has 5 nitrogen and oxygen atoms in total. The minimum absolute atomic E-state index is 0.0812. The summed E-state index contributed by atoms with van der Waals surface area (Å²) in [6.07, 6.45) is 1.70. The number of rotatable bonds is 2. The monoisotopic (exact) mass is 286 g/mol. The van der Waals surface area contributed by atoms with Gasteiger partial charge < -0.3 is 5.11 Å². The van der Waals surface area contributed by atoms with Crippen LogP contribution in [0.5, 0.6) is 5.75 Å². The van der Waals surface area contributed by atoms with Crippen LogP contribution in [0, 0.1) is 6.92 Å². The first kappa shape index (κ1) is 12.6. The predicted molar refractivity (Wildman–Crippen MR) is 76.5 cm³/mol. The largest absolute Gasteiger partial charge is 0.507 e. The Hall–Kier alpha value is -2.40. The summed E-state index contributed by atoms with van der Waals surface area (Å²) in [5.74, 6) is 1.01. The summed E-state index contributed by atoms with van der Waals surface area (Å²) in [6, 6.07) is 8.55. The smallest absolute Gasteiger partial charge is 0.185 e. The quantitative estimate of drug-likeness (QED) is 0.758. The molecule has 0 bridgehead atoms. The molecule has 100 valence electrons. The molecule has 0 fully saturated rings. The van der Waals surface area contributed by atoms with E-state index in [1.54, 1.807) is 18.3 Å². The van der Waals surface area contributed by atoms with Crippen LogP contribution in [0.15, 0.2) is 36.5 Å². The standard InChI is InChI=1S/C14H11ClN4O/c1-8-3-2-6-16-12(8)14-17-13(18-19-14)10-7-9(15)4-5-11(10)20/h2-7,20H,1H3,(H,17,18,19). The molecule has 6 heteroatoms. The van der Waals surface area contributed by atoms with Crippen molar-refractivity contribution in [3.05, 3.63) is 47.1 Å². The van der Waals surface area contributed by atoms with Crippen molar-refractivity contribution in [3.63, 3.8) is 0 Å². The Morgan fingerprint density at radius 3 is 2.90 bits per heavy atom. The number of phenolic OH excluding ortho intramolecular Hbond substituents is 1. The van der Waals surface area contributed by atoms with Crippen molar-refractivity contribution < 1.29 is 5.11 Å². The fourth-order valence-electron chi connectivity index (χ4n) is 1.91. The molecule has 0 aliphatic heterocycles. The van der Waals surface area contributed by atoms with Gasteiger partial charge in [-0.15, -0.1) is 0 Å². The van der Waals surface area contributed by atoms with Gasteiger partial charge in [-0.2, -0.15) is 5.10 Å². The second kappa shape index (κ2) is 4.94. The van der Waals surface area contributed by atoms with Crippen molar-refractivity contribution in [3.8, 4) is 28.7 Å². The Labute approximate surface area is 120 Å². The summed E-state index contributed by atoms with van der Waals surface area (Å²) in [7, 11) is 0. The third-order valence-corrected chi connectivity index (χ3v) is 3.15. The number of H-pyrrole nitrogens is 1. The molecular formula is C14H11ClN4O. The Kier molecular flexibility index (Phi) is 3.12. The van der Waals surface area contributed by atoms with Gasteiger partial charge >= 0.3 is 0 Å². The van der Waals surface area contributed by atoms with Crippen molar-refractivity contribution >= 4 is 11.6 Å². The zero-order chi connectivity index (χ0) is 14.1. The molecule has 0 saturated carbocycles. The minimum atomic E-state index is 0.0812. The van der Waals surface area contributed by atoms with Crippen molar-refractivity contribution in [1.82, 2.24) is 20.2 Å².